The van der Waals surface area contributed by atoms with Gasteiger partial charge in [0.15, 0.2) is 0 Å². The Morgan fingerprint density at radius 2 is 0.886 bits per heavy atom. The molecule has 1 aliphatic carbocycles. The van der Waals surface area contributed by atoms with Gasteiger partial charge < -0.3 is 11.5 Å². The van der Waals surface area contributed by atoms with Crippen molar-refractivity contribution < 1.29 is 25.9 Å². The van der Waals surface area contributed by atoms with Crippen molar-refractivity contribution in [2.24, 2.45) is 0 Å². The fraction of sp³-hybridized carbons (Fsp3) is 0.0400. The van der Waals surface area contributed by atoms with Gasteiger partial charge in [-0.3, -0.25) is 9.11 Å². The molecule has 0 saturated heterocycles. The lowest BCUT2D eigenvalue weighted by Gasteiger charge is -2.34. The monoisotopic (exact) mass is 508 g/mol. The molecule has 0 aliphatic heterocycles. The summed E-state index contributed by atoms with van der Waals surface area (Å²) in [5.74, 6) is 0. The number of fused-ring (bicyclic) bond motifs is 3. The maximum absolute atomic E-state index is 11.9. The number of rotatable bonds is 4. The minimum atomic E-state index is -4.54. The molecule has 0 radical (unpaired) electrons. The smallest absolute Gasteiger partial charge is 0.294 e. The van der Waals surface area contributed by atoms with Crippen molar-refractivity contribution in [2.45, 2.75) is 15.2 Å². The average molecular weight is 509 g/mol. The molecule has 8 nitrogen and oxygen atoms in total. The van der Waals surface area contributed by atoms with E-state index in [1.54, 1.807) is 36.4 Å². The van der Waals surface area contributed by atoms with Crippen LogP contribution < -0.4 is 11.5 Å². The van der Waals surface area contributed by atoms with E-state index < -0.39 is 25.7 Å². The Hall–Kier alpha value is -3.70. The van der Waals surface area contributed by atoms with Crippen molar-refractivity contribution >= 4 is 31.6 Å². The van der Waals surface area contributed by atoms with Crippen molar-refractivity contribution in [1.29, 1.82) is 0 Å². The Kier molecular flexibility index (Phi) is 5.04. The van der Waals surface area contributed by atoms with Gasteiger partial charge in [-0.25, -0.2) is 0 Å². The molecular formula is C25H20N2O6S2. The van der Waals surface area contributed by atoms with E-state index in [9.17, 15) is 25.9 Å². The van der Waals surface area contributed by atoms with Crippen LogP contribution in [-0.2, 0) is 25.7 Å². The van der Waals surface area contributed by atoms with Gasteiger partial charge in [-0.15, -0.1) is 0 Å². The van der Waals surface area contributed by atoms with Gasteiger partial charge in [0, 0.05) is 11.4 Å². The van der Waals surface area contributed by atoms with Crippen LogP contribution in [0.3, 0.4) is 0 Å². The highest BCUT2D eigenvalue weighted by Gasteiger charge is 2.46. The minimum absolute atomic E-state index is 0.343. The van der Waals surface area contributed by atoms with Crippen LogP contribution in [0.2, 0.25) is 0 Å². The summed E-state index contributed by atoms with van der Waals surface area (Å²) in [7, 11) is -9.09. The second-order valence-corrected chi connectivity index (χ2v) is 11.2. The Labute approximate surface area is 202 Å². The normalized spacial score (nSPS) is 14.3. The Bertz CT molecular complexity index is 1570. The lowest BCUT2D eigenvalue weighted by Crippen LogP contribution is -2.28. The molecule has 35 heavy (non-hydrogen) atoms. The molecule has 0 saturated carbocycles. The summed E-state index contributed by atoms with van der Waals surface area (Å²) >= 11 is 0. The van der Waals surface area contributed by atoms with E-state index in [2.05, 4.69) is 0 Å². The highest BCUT2D eigenvalue weighted by molar-refractivity contribution is 7.86. The molecule has 0 amide bonds. The van der Waals surface area contributed by atoms with Crippen LogP contribution in [-0.4, -0.2) is 25.9 Å². The van der Waals surface area contributed by atoms with Gasteiger partial charge in [0.05, 0.1) is 15.2 Å². The molecular weight excluding hydrogens is 488 g/mol. The fourth-order valence-corrected chi connectivity index (χ4v) is 5.88. The number of hydrogen-bond acceptors (Lipinski definition) is 6. The van der Waals surface area contributed by atoms with Crippen LogP contribution in [0.15, 0.2) is 94.7 Å². The third-order valence-corrected chi connectivity index (χ3v) is 8.06. The van der Waals surface area contributed by atoms with Gasteiger partial charge in [0.25, 0.3) is 20.2 Å². The number of nitrogen functional groups attached to an aromatic ring is 2. The fourth-order valence-electron chi connectivity index (χ4n) is 4.87. The molecule has 1 aliphatic rings. The zero-order valence-electron chi connectivity index (χ0n) is 18.1. The van der Waals surface area contributed by atoms with Crippen molar-refractivity contribution in [1.82, 2.24) is 0 Å². The summed E-state index contributed by atoms with van der Waals surface area (Å²) in [5.41, 5.74) is 15.7. The molecule has 4 aromatic rings. The number of anilines is 2. The highest BCUT2D eigenvalue weighted by atomic mass is 32.2. The second kappa shape index (κ2) is 7.65. The minimum Gasteiger partial charge on any atom is -0.399 e. The molecule has 0 heterocycles. The molecule has 4 aromatic carbocycles. The number of benzene rings is 4. The molecule has 178 valence electrons. The summed E-state index contributed by atoms with van der Waals surface area (Å²) in [6.45, 7) is 0. The van der Waals surface area contributed by atoms with E-state index in [4.69, 9.17) is 11.5 Å². The third kappa shape index (κ3) is 3.58. The van der Waals surface area contributed by atoms with Gasteiger partial charge in [0.2, 0.25) is 0 Å². The summed E-state index contributed by atoms with van der Waals surface area (Å²) in [6.07, 6.45) is 0. The number of nitrogens with two attached hydrogens (primary N) is 2. The Morgan fingerprint density at radius 3 is 1.20 bits per heavy atom. The van der Waals surface area contributed by atoms with Gasteiger partial charge >= 0.3 is 0 Å². The van der Waals surface area contributed by atoms with E-state index in [1.807, 2.05) is 24.3 Å². The van der Waals surface area contributed by atoms with Crippen molar-refractivity contribution in [2.75, 3.05) is 11.5 Å². The lowest BCUT2D eigenvalue weighted by atomic mass is 9.67. The molecule has 0 aromatic heterocycles. The zero-order chi connectivity index (χ0) is 25.2. The Morgan fingerprint density at radius 1 is 0.543 bits per heavy atom. The van der Waals surface area contributed by atoms with Crippen LogP contribution in [0.1, 0.15) is 22.3 Å². The van der Waals surface area contributed by atoms with Crippen molar-refractivity contribution in [3.05, 3.63) is 107 Å². The van der Waals surface area contributed by atoms with Crippen LogP contribution in [0.4, 0.5) is 11.4 Å². The molecule has 5 rings (SSSR count). The molecule has 0 atom stereocenters. The summed E-state index contributed by atoms with van der Waals surface area (Å²) in [6, 6.07) is 22.7. The van der Waals surface area contributed by atoms with E-state index in [1.165, 1.54) is 24.3 Å². The predicted octanol–water partition coefficient (Wildman–Crippen LogP) is 3.71. The first kappa shape index (κ1) is 23.1. The van der Waals surface area contributed by atoms with Gasteiger partial charge in [0.1, 0.15) is 0 Å². The lowest BCUT2D eigenvalue weighted by molar-refractivity contribution is 0.481. The summed E-state index contributed by atoms with van der Waals surface area (Å²) in [4.78, 5) is -0.685. The van der Waals surface area contributed by atoms with Gasteiger partial charge in [-0.2, -0.15) is 16.8 Å². The quantitative estimate of drug-likeness (QED) is 0.211. The molecule has 10 heteroatoms. The second-order valence-electron chi connectivity index (χ2n) is 8.36. The molecule has 0 spiro atoms. The number of hydrogen-bond donors (Lipinski definition) is 4. The van der Waals surface area contributed by atoms with Crippen molar-refractivity contribution in [3.8, 4) is 11.1 Å². The zero-order valence-corrected chi connectivity index (χ0v) is 19.7. The first-order valence-electron chi connectivity index (χ1n) is 10.4. The van der Waals surface area contributed by atoms with E-state index in [0.717, 1.165) is 11.1 Å². The predicted molar refractivity (Wildman–Crippen MR) is 132 cm³/mol. The highest BCUT2D eigenvalue weighted by Crippen LogP contribution is 2.56. The first-order valence-corrected chi connectivity index (χ1v) is 13.3. The first-order chi connectivity index (χ1) is 16.4. The maximum Gasteiger partial charge on any atom is 0.294 e. The van der Waals surface area contributed by atoms with Gasteiger partial charge in [-0.1, -0.05) is 36.4 Å². The van der Waals surface area contributed by atoms with E-state index in [0.29, 0.717) is 33.6 Å². The van der Waals surface area contributed by atoms with Crippen LogP contribution in [0, 0.1) is 0 Å². The summed E-state index contributed by atoms with van der Waals surface area (Å²) in [5, 5.41) is 0. The molecule has 0 fully saturated rings. The molecule has 6 N–H and O–H groups in total. The Balaban J connectivity index is 1.97. The van der Waals surface area contributed by atoms with E-state index >= 15 is 0 Å². The van der Waals surface area contributed by atoms with Crippen LogP contribution in [0.5, 0.6) is 0 Å². The molecule has 0 bridgehead atoms. The standard InChI is InChI=1S/C25H20N2O6S2/c26-17-5-1-15(2-6-17)25(16-3-7-18(27)8-4-16)23-11-9-19(34(28,29)30)13-21(23)22-14-20(35(31,32)33)10-12-24(22)25/h1-14H,26-27H2,(H,28,29,30)(H,31,32,33). The SMILES string of the molecule is Nc1ccc(C2(c3ccc(N)cc3)c3ccc(S(=O)(=O)O)cc3-c3cc(S(=O)(=O)O)ccc32)cc1. The van der Waals surface area contributed by atoms with Crippen LogP contribution >= 0.6 is 0 Å². The topological polar surface area (TPSA) is 161 Å². The maximum atomic E-state index is 11.9. The van der Waals surface area contributed by atoms with E-state index in [-0.39, 0.29) is 9.79 Å². The van der Waals surface area contributed by atoms with Crippen molar-refractivity contribution in [3.63, 3.8) is 0 Å². The largest absolute Gasteiger partial charge is 0.399 e. The molecule has 0 unspecified atom stereocenters. The van der Waals surface area contributed by atoms with Gasteiger partial charge in [-0.05, 0) is 81.9 Å². The summed E-state index contributed by atoms with van der Waals surface area (Å²) < 4.78 is 67.1. The van der Waals surface area contributed by atoms with Crippen LogP contribution in [0.25, 0.3) is 11.1 Å². The third-order valence-electron chi connectivity index (χ3n) is 6.36. The average Bonchev–Trinajstić information content (AvgIpc) is 3.09.